The van der Waals surface area contributed by atoms with Crippen LogP contribution in [0.25, 0.3) is 10.1 Å². The van der Waals surface area contributed by atoms with Gasteiger partial charge in [0.25, 0.3) is 0 Å². The topological polar surface area (TPSA) is 38.9 Å². The maximum Gasteiger partial charge on any atom is 0.0798 e. The summed E-state index contributed by atoms with van der Waals surface area (Å²) in [6.45, 7) is 2.01. The van der Waals surface area contributed by atoms with Crippen molar-refractivity contribution in [3.05, 3.63) is 51.3 Å². The first-order chi connectivity index (χ1) is 8.27. The van der Waals surface area contributed by atoms with E-state index in [-0.39, 0.29) is 6.04 Å². The summed E-state index contributed by atoms with van der Waals surface area (Å²) in [6.07, 6.45) is 0. The van der Waals surface area contributed by atoms with Crippen molar-refractivity contribution >= 4 is 32.8 Å². The predicted molar refractivity (Wildman–Crippen MR) is 74.7 cm³/mol. The van der Waals surface area contributed by atoms with Crippen LogP contribution in [-0.2, 0) is 0 Å². The molecular formula is C13H12N2S2. The summed E-state index contributed by atoms with van der Waals surface area (Å²) in [4.78, 5) is 5.43. The number of thiazole rings is 1. The lowest BCUT2D eigenvalue weighted by molar-refractivity contribution is 0.888. The fraction of sp³-hybridized carbons (Fsp3) is 0.154. The lowest BCUT2D eigenvalue weighted by Crippen LogP contribution is -2.11. The van der Waals surface area contributed by atoms with Crippen molar-refractivity contribution in [3.63, 3.8) is 0 Å². The molecule has 2 N–H and O–H groups in total. The Morgan fingerprint density at radius 3 is 2.88 bits per heavy atom. The number of aromatic nitrogens is 1. The lowest BCUT2D eigenvalue weighted by atomic mass is 10.0. The number of rotatable bonds is 2. The van der Waals surface area contributed by atoms with Crippen molar-refractivity contribution in [2.45, 2.75) is 13.0 Å². The first kappa shape index (κ1) is 10.9. The second kappa shape index (κ2) is 4.22. The normalized spacial score (nSPS) is 13.1. The van der Waals surface area contributed by atoms with Crippen molar-refractivity contribution in [3.8, 4) is 0 Å². The molecule has 1 atom stereocenters. The highest BCUT2D eigenvalue weighted by Gasteiger charge is 2.16. The average molecular weight is 260 g/mol. The van der Waals surface area contributed by atoms with Crippen molar-refractivity contribution in [2.75, 3.05) is 0 Å². The van der Waals surface area contributed by atoms with Gasteiger partial charge in [0.2, 0.25) is 0 Å². The molecule has 0 spiro atoms. The van der Waals surface area contributed by atoms with E-state index in [2.05, 4.69) is 34.6 Å². The van der Waals surface area contributed by atoms with Gasteiger partial charge in [-0.05, 0) is 29.3 Å². The molecule has 0 saturated carbocycles. The Morgan fingerprint density at radius 2 is 2.12 bits per heavy atom. The Hall–Kier alpha value is -1.23. The molecule has 0 radical (unpaired) electrons. The minimum absolute atomic E-state index is 0.0650. The van der Waals surface area contributed by atoms with Gasteiger partial charge in [-0.2, -0.15) is 0 Å². The van der Waals surface area contributed by atoms with Gasteiger partial charge in [-0.3, -0.25) is 0 Å². The van der Waals surface area contributed by atoms with Crippen LogP contribution in [0.15, 0.2) is 35.2 Å². The third kappa shape index (κ3) is 1.78. The van der Waals surface area contributed by atoms with Gasteiger partial charge >= 0.3 is 0 Å². The molecule has 0 bridgehead atoms. The van der Waals surface area contributed by atoms with E-state index >= 15 is 0 Å². The van der Waals surface area contributed by atoms with Crippen LogP contribution in [0.4, 0.5) is 0 Å². The van der Waals surface area contributed by atoms with Crippen molar-refractivity contribution in [1.29, 1.82) is 0 Å². The molecular weight excluding hydrogens is 248 g/mol. The molecule has 0 aliphatic rings. The Bertz CT molecular complexity index is 654. The van der Waals surface area contributed by atoms with Crippen LogP contribution in [0.3, 0.4) is 0 Å². The molecule has 0 aliphatic carbocycles. The van der Waals surface area contributed by atoms with Gasteiger partial charge in [-0.25, -0.2) is 4.98 Å². The molecule has 0 amide bonds. The third-order valence-electron chi connectivity index (χ3n) is 2.91. The smallest absolute Gasteiger partial charge is 0.0798 e. The number of benzene rings is 1. The van der Waals surface area contributed by atoms with E-state index < -0.39 is 0 Å². The lowest BCUT2D eigenvalue weighted by Gasteiger charge is -2.11. The fourth-order valence-electron chi connectivity index (χ4n) is 2.01. The predicted octanol–water partition coefficient (Wildman–Crippen LogP) is 3.71. The highest BCUT2D eigenvalue weighted by Crippen LogP contribution is 2.33. The summed E-state index contributed by atoms with van der Waals surface area (Å²) in [5.74, 6) is 0. The molecule has 3 aromatic rings. The molecule has 3 rings (SSSR count). The summed E-state index contributed by atoms with van der Waals surface area (Å²) >= 11 is 3.38. The Balaban J connectivity index is 2.15. The molecule has 2 aromatic heterocycles. The highest BCUT2D eigenvalue weighted by atomic mass is 32.1. The van der Waals surface area contributed by atoms with Crippen LogP contribution in [0.2, 0.25) is 0 Å². The highest BCUT2D eigenvalue weighted by molar-refractivity contribution is 7.17. The number of hydrogen-bond acceptors (Lipinski definition) is 4. The van der Waals surface area contributed by atoms with Crippen LogP contribution in [0.5, 0.6) is 0 Å². The monoisotopic (exact) mass is 260 g/mol. The van der Waals surface area contributed by atoms with Crippen molar-refractivity contribution in [2.24, 2.45) is 5.73 Å². The maximum atomic E-state index is 6.36. The van der Waals surface area contributed by atoms with E-state index in [4.69, 9.17) is 5.73 Å². The van der Waals surface area contributed by atoms with Crippen LogP contribution in [-0.4, -0.2) is 4.98 Å². The van der Waals surface area contributed by atoms with Crippen LogP contribution >= 0.6 is 22.7 Å². The Morgan fingerprint density at radius 1 is 1.24 bits per heavy atom. The summed E-state index contributed by atoms with van der Waals surface area (Å²) < 4.78 is 1.28. The minimum Gasteiger partial charge on any atom is -0.320 e. The second-order valence-electron chi connectivity index (χ2n) is 3.97. The van der Waals surface area contributed by atoms with E-state index in [1.807, 2.05) is 12.4 Å². The molecule has 2 heterocycles. The van der Waals surface area contributed by atoms with Crippen LogP contribution in [0.1, 0.15) is 22.2 Å². The zero-order valence-electron chi connectivity index (χ0n) is 9.38. The van der Waals surface area contributed by atoms with E-state index in [9.17, 15) is 0 Å². The molecule has 0 saturated heterocycles. The SMILES string of the molecule is Cc1ncsc1C(N)c1cccc2ccsc12. The zero-order valence-corrected chi connectivity index (χ0v) is 11.0. The molecule has 17 heavy (non-hydrogen) atoms. The van der Waals surface area contributed by atoms with Crippen molar-refractivity contribution < 1.29 is 0 Å². The van der Waals surface area contributed by atoms with Crippen LogP contribution < -0.4 is 5.73 Å². The standard InChI is InChI=1S/C13H12N2S2/c1-8-12(17-7-15-8)11(14)10-4-2-3-9-5-6-16-13(9)10/h2-7,11H,14H2,1H3. The zero-order chi connectivity index (χ0) is 11.8. The maximum absolute atomic E-state index is 6.36. The van der Waals surface area contributed by atoms with E-state index in [0.717, 1.165) is 10.6 Å². The summed E-state index contributed by atoms with van der Waals surface area (Å²) in [6, 6.07) is 8.38. The Kier molecular flexibility index (Phi) is 2.70. The molecule has 4 heteroatoms. The van der Waals surface area contributed by atoms with Crippen molar-refractivity contribution in [1.82, 2.24) is 4.98 Å². The summed E-state index contributed by atoms with van der Waals surface area (Å²) in [5, 5.41) is 3.38. The van der Waals surface area contributed by atoms with Gasteiger partial charge in [0.05, 0.1) is 17.2 Å². The molecule has 0 fully saturated rings. The quantitative estimate of drug-likeness (QED) is 0.762. The van der Waals surface area contributed by atoms with Gasteiger partial charge in [0, 0.05) is 9.58 Å². The third-order valence-corrected chi connectivity index (χ3v) is 4.90. The molecule has 0 aliphatic heterocycles. The first-order valence-corrected chi connectivity index (χ1v) is 7.15. The van der Waals surface area contributed by atoms with Gasteiger partial charge in [-0.15, -0.1) is 22.7 Å². The second-order valence-corrected chi connectivity index (χ2v) is 5.77. The molecule has 1 aromatic carbocycles. The van der Waals surface area contributed by atoms with Gasteiger partial charge in [0.15, 0.2) is 0 Å². The summed E-state index contributed by atoms with van der Waals surface area (Å²) in [7, 11) is 0. The average Bonchev–Trinajstić information content (AvgIpc) is 2.95. The number of aryl methyl sites for hydroxylation is 1. The van der Waals surface area contributed by atoms with E-state index in [0.29, 0.717) is 0 Å². The van der Waals surface area contributed by atoms with Crippen LogP contribution in [0, 0.1) is 6.92 Å². The van der Waals surface area contributed by atoms with E-state index in [1.165, 1.54) is 15.6 Å². The number of nitrogens with two attached hydrogens (primary N) is 1. The number of nitrogens with zero attached hydrogens (tertiary/aromatic N) is 1. The van der Waals surface area contributed by atoms with Gasteiger partial charge in [-0.1, -0.05) is 18.2 Å². The summed E-state index contributed by atoms with van der Waals surface area (Å²) in [5.41, 5.74) is 10.5. The molecule has 86 valence electrons. The number of hydrogen-bond donors (Lipinski definition) is 1. The van der Waals surface area contributed by atoms with Gasteiger partial charge in [0.1, 0.15) is 0 Å². The first-order valence-electron chi connectivity index (χ1n) is 5.39. The Labute approximate surface area is 108 Å². The van der Waals surface area contributed by atoms with Gasteiger partial charge < -0.3 is 5.73 Å². The largest absolute Gasteiger partial charge is 0.320 e. The number of fused-ring (bicyclic) bond motifs is 1. The fourth-order valence-corrected chi connectivity index (χ4v) is 3.79. The molecule has 1 unspecified atom stereocenters. The minimum atomic E-state index is -0.0650. The molecule has 2 nitrogen and oxygen atoms in total. The number of thiophene rings is 1. The van der Waals surface area contributed by atoms with E-state index in [1.54, 1.807) is 22.7 Å².